The number of nitrogens with two attached hydrogens (primary N) is 1. The van der Waals surface area contributed by atoms with Gasteiger partial charge in [0.2, 0.25) is 0 Å². The first kappa shape index (κ1) is 9.76. The molecule has 0 spiro atoms. The van der Waals surface area contributed by atoms with Crippen molar-refractivity contribution in [1.82, 2.24) is 0 Å². The van der Waals surface area contributed by atoms with E-state index in [9.17, 15) is 4.79 Å². The van der Waals surface area contributed by atoms with Gasteiger partial charge in [-0.3, -0.25) is 4.79 Å². The fraction of sp³-hybridized carbons (Fsp3) is 0.100. The Kier molecular flexibility index (Phi) is 2.83. The van der Waals surface area contributed by atoms with Crippen LogP contribution >= 0.6 is 0 Å². The Balaban J connectivity index is 3.09. The van der Waals surface area contributed by atoms with Gasteiger partial charge in [-0.05, 0) is 12.1 Å². The molecule has 1 aromatic carbocycles. The molecule has 0 aromatic heterocycles. The normalized spacial score (nSPS) is 9.07. The summed E-state index contributed by atoms with van der Waals surface area (Å²) in [4.78, 5) is 11.5. The van der Waals surface area contributed by atoms with Gasteiger partial charge in [-0.15, -0.1) is 0 Å². The molecule has 0 saturated heterocycles. The zero-order chi connectivity index (χ0) is 10.6. The third kappa shape index (κ3) is 1.70. The van der Waals surface area contributed by atoms with Gasteiger partial charge in [0.1, 0.15) is 0 Å². The maximum Gasteiger partial charge on any atom is 0.196 e. The SMILES string of the molecule is N#CC(C#N)C(=O)c1ccccc1N. The van der Waals surface area contributed by atoms with Gasteiger partial charge in [-0.1, -0.05) is 12.1 Å². The molecule has 1 aromatic rings. The van der Waals surface area contributed by atoms with Crippen LogP contribution in [0.25, 0.3) is 0 Å². The summed E-state index contributed by atoms with van der Waals surface area (Å²) in [6.07, 6.45) is 0. The standard InChI is InChI=1S/C10H7N3O/c11-5-7(6-12)10(14)8-3-1-2-4-9(8)13/h1-4,7H,13H2. The molecule has 0 heterocycles. The second-order valence-electron chi connectivity index (χ2n) is 2.64. The summed E-state index contributed by atoms with van der Waals surface area (Å²) < 4.78 is 0. The van der Waals surface area contributed by atoms with Crippen molar-refractivity contribution in [2.45, 2.75) is 0 Å². The van der Waals surface area contributed by atoms with Crippen molar-refractivity contribution in [1.29, 1.82) is 10.5 Å². The molecule has 1 rings (SSSR count). The number of nitrogens with zero attached hydrogens (tertiary/aromatic N) is 2. The fourth-order valence-corrected chi connectivity index (χ4v) is 1.02. The molecule has 2 N–H and O–H groups in total. The van der Waals surface area contributed by atoms with Crippen LogP contribution in [0.15, 0.2) is 24.3 Å². The molecule has 0 saturated carbocycles. The van der Waals surface area contributed by atoms with Gasteiger partial charge in [0, 0.05) is 11.3 Å². The predicted molar refractivity (Wildman–Crippen MR) is 49.9 cm³/mol. The van der Waals surface area contributed by atoms with Crippen molar-refractivity contribution in [2.75, 3.05) is 5.73 Å². The molecule has 0 aliphatic heterocycles. The Hall–Kier alpha value is -2.33. The lowest BCUT2D eigenvalue weighted by Gasteiger charge is -2.03. The zero-order valence-electron chi connectivity index (χ0n) is 7.27. The van der Waals surface area contributed by atoms with E-state index in [1.165, 1.54) is 6.07 Å². The van der Waals surface area contributed by atoms with Crippen molar-refractivity contribution in [3.05, 3.63) is 29.8 Å². The molecule has 0 bridgehead atoms. The van der Waals surface area contributed by atoms with E-state index in [1.807, 2.05) is 0 Å². The van der Waals surface area contributed by atoms with E-state index in [1.54, 1.807) is 30.3 Å². The highest BCUT2D eigenvalue weighted by atomic mass is 16.1. The Morgan fingerprint density at radius 1 is 1.29 bits per heavy atom. The number of benzene rings is 1. The summed E-state index contributed by atoms with van der Waals surface area (Å²) in [5.74, 6) is -1.83. The third-order valence-corrected chi connectivity index (χ3v) is 1.75. The fourth-order valence-electron chi connectivity index (χ4n) is 1.02. The molecule has 0 atom stereocenters. The number of nitriles is 2. The maximum absolute atomic E-state index is 11.5. The van der Waals surface area contributed by atoms with E-state index in [0.29, 0.717) is 0 Å². The monoisotopic (exact) mass is 185 g/mol. The van der Waals surface area contributed by atoms with Gasteiger partial charge in [-0.2, -0.15) is 10.5 Å². The topological polar surface area (TPSA) is 90.7 Å². The van der Waals surface area contributed by atoms with Crippen LogP contribution in [0.3, 0.4) is 0 Å². The average molecular weight is 185 g/mol. The molecule has 4 heteroatoms. The van der Waals surface area contributed by atoms with Crippen LogP contribution in [0.4, 0.5) is 5.69 Å². The highest BCUT2D eigenvalue weighted by molar-refractivity contribution is 6.04. The van der Waals surface area contributed by atoms with Gasteiger partial charge >= 0.3 is 0 Å². The molecule has 4 nitrogen and oxygen atoms in total. The highest BCUT2D eigenvalue weighted by Crippen LogP contribution is 2.15. The molecule has 0 aliphatic rings. The van der Waals surface area contributed by atoms with Crippen LogP contribution in [0, 0.1) is 28.6 Å². The van der Waals surface area contributed by atoms with Crippen molar-refractivity contribution in [2.24, 2.45) is 5.92 Å². The molecule has 14 heavy (non-hydrogen) atoms. The van der Waals surface area contributed by atoms with Crippen molar-refractivity contribution < 1.29 is 4.79 Å². The van der Waals surface area contributed by atoms with Crippen LogP contribution in [0.1, 0.15) is 10.4 Å². The number of rotatable bonds is 2. The van der Waals surface area contributed by atoms with Gasteiger partial charge in [0.05, 0.1) is 12.1 Å². The first-order valence-corrected chi connectivity index (χ1v) is 3.88. The number of ketones is 1. The average Bonchev–Trinajstić information content (AvgIpc) is 2.20. The second-order valence-corrected chi connectivity index (χ2v) is 2.64. The Morgan fingerprint density at radius 2 is 1.86 bits per heavy atom. The van der Waals surface area contributed by atoms with Gasteiger partial charge in [0.25, 0.3) is 0 Å². The molecule has 0 radical (unpaired) electrons. The number of hydrogen-bond acceptors (Lipinski definition) is 4. The lowest BCUT2D eigenvalue weighted by Crippen LogP contribution is -2.12. The largest absolute Gasteiger partial charge is 0.398 e. The van der Waals surface area contributed by atoms with E-state index in [-0.39, 0.29) is 11.3 Å². The molecule has 0 fully saturated rings. The van der Waals surface area contributed by atoms with E-state index < -0.39 is 11.7 Å². The van der Waals surface area contributed by atoms with Crippen LogP contribution in [0.2, 0.25) is 0 Å². The van der Waals surface area contributed by atoms with E-state index in [0.717, 1.165) is 0 Å². The number of nitrogen functional groups attached to an aromatic ring is 1. The van der Waals surface area contributed by atoms with Crippen molar-refractivity contribution >= 4 is 11.5 Å². The number of carbonyl (C=O) groups is 1. The number of Topliss-reactive ketones (excluding diaryl/α,β-unsaturated/α-hetero) is 1. The predicted octanol–water partition coefficient (Wildman–Crippen LogP) is 1.11. The Bertz CT molecular complexity index is 425. The van der Waals surface area contributed by atoms with Crippen molar-refractivity contribution in [3.8, 4) is 12.1 Å². The van der Waals surface area contributed by atoms with Crippen LogP contribution in [-0.4, -0.2) is 5.78 Å². The molecule has 0 unspecified atom stereocenters. The van der Waals surface area contributed by atoms with Crippen LogP contribution < -0.4 is 5.73 Å². The summed E-state index contributed by atoms with van der Waals surface area (Å²) >= 11 is 0. The second kappa shape index (κ2) is 4.06. The number of hydrogen-bond donors (Lipinski definition) is 1. The first-order chi connectivity index (χ1) is 6.70. The van der Waals surface area contributed by atoms with E-state index in [4.69, 9.17) is 16.3 Å². The van der Waals surface area contributed by atoms with Crippen LogP contribution in [0.5, 0.6) is 0 Å². The maximum atomic E-state index is 11.5. The van der Waals surface area contributed by atoms with Gasteiger partial charge in [-0.25, -0.2) is 0 Å². The Morgan fingerprint density at radius 3 is 2.36 bits per heavy atom. The van der Waals surface area contributed by atoms with Gasteiger partial charge < -0.3 is 5.73 Å². The minimum Gasteiger partial charge on any atom is -0.398 e. The summed E-state index contributed by atoms with van der Waals surface area (Å²) in [7, 11) is 0. The number of para-hydroxylation sites is 1. The molecule has 0 aliphatic carbocycles. The highest BCUT2D eigenvalue weighted by Gasteiger charge is 2.20. The van der Waals surface area contributed by atoms with E-state index in [2.05, 4.69) is 0 Å². The molecule has 68 valence electrons. The quantitative estimate of drug-likeness (QED) is 0.552. The van der Waals surface area contributed by atoms with E-state index >= 15 is 0 Å². The number of carbonyl (C=O) groups excluding carboxylic acids is 1. The molecular formula is C10H7N3O. The molecule has 0 amide bonds. The summed E-state index contributed by atoms with van der Waals surface area (Å²) in [6.45, 7) is 0. The lowest BCUT2D eigenvalue weighted by atomic mass is 9.99. The zero-order valence-corrected chi connectivity index (χ0v) is 7.27. The van der Waals surface area contributed by atoms with Crippen LogP contribution in [-0.2, 0) is 0 Å². The van der Waals surface area contributed by atoms with Gasteiger partial charge in [0.15, 0.2) is 11.7 Å². The first-order valence-electron chi connectivity index (χ1n) is 3.88. The summed E-state index contributed by atoms with van der Waals surface area (Å²) in [5, 5.41) is 17.0. The molecular weight excluding hydrogens is 178 g/mol. The number of anilines is 1. The smallest absolute Gasteiger partial charge is 0.196 e. The lowest BCUT2D eigenvalue weighted by molar-refractivity contribution is 0.0972. The van der Waals surface area contributed by atoms with Crippen molar-refractivity contribution in [3.63, 3.8) is 0 Å². The summed E-state index contributed by atoms with van der Waals surface area (Å²) in [5.41, 5.74) is 6.04. The minimum absolute atomic E-state index is 0.223. The third-order valence-electron chi connectivity index (χ3n) is 1.75. The summed E-state index contributed by atoms with van der Waals surface area (Å²) in [6, 6.07) is 9.59. The Labute approximate surface area is 81.2 Å². The minimum atomic E-state index is -1.28.